The van der Waals surface area contributed by atoms with Gasteiger partial charge in [0.25, 0.3) is 0 Å². The molecule has 0 amide bonds. The molecule has 12 nitrogen and oxygen atoms in total. The fourth-order valence-electron chi connectivity index (χ4n) is 6.07. The van der Waals surface area contributed by atoms with E-state index < -0.39 is 51.1 Å². The zero-order valence-corrected chi connectivity index (χ0v) is 37.2. The van der Waals surface area contributed by atoms with Crippen molar-refractivity contribution in [1.29, 1.82) is 0 Å². The Balaban J connectivity index is 2.31. The molecule has 0 aromatic rings. The van der Waals surface area contributed by atoms with Gasteiger partial charge in [-0.05, 0) is 51.4 Å². The molecular weight excluding hydrogens is 773 g/mol. The quantitative estimate of drug-likeness (QED) is 0.0174. The molecule has 1 saturated heterocycles. The van der Waals surface area contributed by atoms with Gasteiger partial charge in [0.15, 0.2) is 6.10 Å². The number of phosphoric acid groups is 1. The highest BCUT2D eigenvalue weighted by molar-refractivity contribution is 7.47. The molecule has 338 valence electrons. The number of phosphoric ester groups is 1. The zero-order chi connectivity index (χ0) is 43.2. The van der Waals surface area contributed by atoms with Crippen LogP contribution in [-0.4, -0.2) is 72.1 Å². The summed E-state index contributed by atoms with van der Waals surface area (Å²) in [6.45, 7) is 2.61. The summed E-state index contributed by atoms with van der Waals surface area (Å²) in [5.74, 6) is -2.49. The number of unbranched alkanes of at least 4 members (excludes halogenated alkanes) is 14. The van der Waals surface area contributed by atoms with E-state index in [-0.39, 0.29) is 19.4 Å². The smallest absolute Gasteiger partial charge is 0.472 e. The Labute approximate surface area is 355 Å². The first-order valence-corrected chi connectivity index (χ1v) is 23.9. The standard InChI is InChI=1S/C46H78NO11P/c1-3-5-7-8-9-10-11-12-13-14-19-22-25-28-32-36-45(49)57-40(38-55-59(52,53)56-39-41(47)46(50)51)37-54-44(48)35-31-27-24-21-18-16-15-17-20-23-26-30-34-43-42(58-43)33-29-6-4-2/h6,16-18,20,24,26-27,29-30,40-43H,3-5,7-15,19,21-23,25,28,31-39,47H2,1-2H3,(H,50,51)(H,52,53)/b18-16-,20-17-,27-24-,29-6-,30-26-/t40-,41+,42?,43?/m1/s1. The third-order valence-electron chi connectivity index (χ3n) is 9.70. The van der Waals surface area contributed by atoms with Gasteiger partial charge in [-0.25, -0.2) is 4.57 Å². The van der Waals surface area contributed by atoms with Crippen LogP contribution in [0, 0.1) is 0 Å². The highest BCUT2D eigenvalue weighted by Crippen LogP contribution is 2.43. The molecule has 1 aliphatic rings. The summed E-state index contributed by atoms with van der Waals surface area (Å²) >= 11 is 0. The number of carbonyl (C=O) groups is 3. The van der Waals surface area contributed by atoms with Gasteiger partial charge in [-0.15, -0.1) is 0 Å². The van der Waals surface area contributed by atoms with Crippen molar-refractivity contribution in [3.63, 3.8) is 0 Å². The molecule has 1 aliphatic heterocycles. The van der Waals surface area contributed by atoms with Crippen LogP contribution in [0.3, 0.4) is 0 Å². The van der Waals surface area contributed by atoms with E-state index in [9.17, 15) is 23.8 Å². The van der Waals surface area contributed by atoms with Crippen LogP contribution in [0.2, 0.25) is 0 Å². The maximum atomic E-state index is 12.6. The van der Waals surface area contributed by atoms with Crippen LogP contribution in [0.5, 0.6) is 0 Å². The summed E-state index contributed by atoms with van der Waals surface area (Å²) in [5, 5.41) is 8.89. The van der Waals surface area contributed by atoms with Crippen molar-refractivity contribution in [2.75, 3.05) is 19.8 Å². The number of allylic oxidation sites excluding steroid dienone is 8. The van der Waals surface area contributed by atoms with E-state index in [4.69, 9.17) is 29.6 Å². The average Bonchev–Trinajstić information content (AvgIpc) is 3.97. The van der Waals surface area contributed by atoms with Crippen LogP contribution in [0.25, 0.3) is 0 Å². The molecule has 0 bridgehead atoms. The molecule has 0 aromatic heterocycles. The Morgan fingerprint density at radius 3 is 1.63 bits per heavy atom. The molecule has 4 N–H and O–H groups in total. The number of nitrogens with two attached hydrogens (primary N) is 1. The van der Waals surface area contributed by atoms with E-state index in [1.807, 2.05) is 12.2 Å². The monoisotopic (exact) mass is 852 g/mol. The summed E-state index contributed by atoms with van der Waals surface area (Å²) in [6, 6.07) is -1.53. The third-order valence-corrected chi connectivity index (χ3v) is 10.6. The number of carbonyl (C=O) groups excluding carboxylic acids is 2. The van der Waals surface area contributed by atoms with Gasteiger partial charge in [-0.3, -0.25) is 23.4 Å². The number of ether oxygens (including phenoxy) is 3. The van der Waals surface area contributed by atoms with E-state index in [2.05, 4.69) is 67.0 Å². The van der Waals surface area contributed by atoms with Gasteiger partial charge in [-0.2, -0.15) is 0 Å². The zero-order valence-electron chi connectivity index (χ0n) is 36.3. The fraction of sp³-hybridized carbons (Fsp3) is 0.717. The summed E-state index contributed by atoms with van der Waals surface area (Å²) in [6.07, 6.45) is 44.8. The minimum Gasteiger partial charge on any atom is -0.480 e. The summed E-state index contributed by atoms with van der Waals surface area (Å²) in [7, 11) is -4.74. The molecule has 0 aromatic carbocycles. The van der Waals surface area contributed by atoms with Crippen molar-refractivity contribution in [3.05, 3.63) is 60.8 Å². The second-order valence-corrected chi connectivity index (χ2v) is 16.6. The van der Waals surface area contributed by atoms with Crippen LogP contribution < -0.4 is 5.73 Å². The van der Waals surface area contributed by atoms with Crippen LogP contribution >= 0.6 is 7.82 Å². The Bertz CT molecular complexity index is 1300. The molecule has 59 heavy (non-hydrogen) atoms. The van der Waals surface area contributed by atoms with E-state index in [1.165, 1.54) is 70.6 Å². The lowest BCUT2D eigenvalue weighted by Crippen LogP contribution is -2.34. The highest BCUT2D eigenvalue weighted by Gasteiger charge is 2.36. The van der Waals surface area contributed by atoms with Crippen molar-refractivity contribution in [2.24, 2.45) is 5.73 Å². The third kappa shape index (κ3) is 34.5. The number of epoxide rings is 1. The number of hydrogen-bond acceptors (Lipinski definition) is 10. The van der Waals surface area contributed by atoms with Gasteiger partial charge in [0.1, 0.15) is 12.6 Å². The van der Waals surface area contributed by atoms with Crippen molar-refractivity contribution in [2.45, 2.75) is 192 Å². The molecule has 1 rings (SSSR count). The predicted molar refractivity (Wildman–Crippen MR) is 235 cm³/mol. The van der Waals surface area contributed by atoms with Gasteiger partial charge >= 0.3 is 25.7 Å². The lowest BCUT2D eigenvalue weighted by Gasteiger charge is -2.20. The van der Waals surface area contributed by atoms with Gasteiger partial charge in [0.05, 0.1) is 25.4 Å². The normalized spacial score (nSPS) is 17.7. The molecule has 0 spiro atoms. The van der Waals surface area contributed by atoms with Gasteiger partial charge in [-0.1, -0.05) is 164 Å². The number of aliphatic carboxylic acids is 1. The molecule has 0 radical (unpaired) electrons. The first-order valence-electron chi connectivity index (χ1n) is 22.4. The number of carboxylic acid groups (broad SMARTS) is 1. The maximum Gasteiger partial charge on any atom is 0.472 e. The number of hydrogen-bond donors (Lipinski definition) is 3. The molecular formula is C46H78NO11P. The molecule has 0 aliphatic carbocycles. The molecule has 0 saturated carbocycles. The van der Waals surface area contributed by atoms with Crippen LogP contribution in [0.4, 0.5) is 0 Å². The highest BCUT2D eigenvalue weighted by atomic mass is 31.2. The Morgan fingerprint density at radius 2 is 1.10 bits per heavy atom. The number of esters is 2. The van der Waals surface area contributed by atoms with E-state index in [0.717, 1.165) is 57.8 Å². The van der Waals surface area contributed by atoms with Crippen LogP contribution in [-0.2, 0) is 42.2 Å². The van der Waals surface area contributed by atoms with Crippen molar-refractivity contribution in [3.8, 4) is 0 Å². The van der Waals surface area contributed by atoms with Crippen LogP contribution in [0.1, 0.15) is 168 Å². The first-order chi connectivity index (χ1) is 28.6. The Kier molecular flexibility index (Phi) is 33.9. The molecule has 3 unspecified atom stereocenters. The summed E-state index contributed by atoms with van der Waals surface area (Å²) < 4.78 is 38.3. The maximum absolute atomic E-state index is 12.6. The second kappa shape index (κ2) is 36.9. The molecule has 5 atom stereocenters. The van der Waals surface area contributed by atoms with E-state index in [1.54, 1.807) is 0 Å². The second-order valence-electron chi connectivity index (χ2n) is 15.2. The lowest BCUT2D eigenvalue weighted by atomic mass is 10.0. The number of rotatable bonds is 40. The van der Waals surface area contributed by atoms with Gasteiger partial charge in [0.2, 0.25) is 0 Å². The summed E-state index contributed by atoms with van der Waals surface area (Å²) in [4.78, 5) is 46.0. The lowest BCUT2D eigenvalue weighted by molar-refractivity contribution is -0.161. The molecule has 1 fully saturated rings. The minimum absolute atomic E-state index is 0.0925. The Morgan fingerprint density at radius 1 is 0.627 bits per heavy atom. The minimum atomic E-state index is -4.74. The van der Waals surface area contributed by atoms with Gasteiger partial charge < -0.3 is 29.9 Å². The summed E-state index contributed by atoms with van der Waals surface area (Å²) in [5.41, 5.74) is 5.33. The molecule has 1 heterocycles. The van der Waals surface area contributed by atoms with Crippen LogP contribution in [0.15, 0.2) is 60.8 Å². The number of carboxylic acids is 1. The average molecular weight is 852 g/mol. The topological polar surface area (TPSA) is 184 Å². The predicted octanol–water partition coefficient (Wildman–Crippen LogP) is 10.9. The van der Waals surface area contributed by atoms with E-state index >= 15 is 0 Å². The van der Waals surface area contributed by atoms with Crippen molar-refractivity contribution < 1.29 is 52.2 Å². The molecule has 13 heteroatoms. The van der Waals surface area contributed by atoms with E-state index in [0.29, 0.717) is 25.0 Å². The van der Waals surface area contributed by atoms with Gasteiger partial charge in [0, 0.05) is 12.8 Å². The van der Waals surface area contributed by atoms with Crippen molar-refractivity contribution >= 4 is 25.7 Å². The Hall–Kier alpha value is -2.86. The first kappa shape index (κ1) is 54.2. The van der Waals surface area contributed by atoms with Crippen molar-refractivity contribution in [1.82, 2.24) is 0 Å². The largest absolute Gasteiger partial charge is 0.480 e. The fourth-order valence-corrected chi connectivity index (χ4v) is 6.85. The SMILES string of the molecule is CC/C=C\CC1OC1C/C=C\C/C=C\C/C=C\C/C=C\CCC(=O)OC[C@H](COP(=O)(O)OC[C@H](N)C(=O)O)OC(=O)CCCCCCCCCCCCCCCCC.